The van der Waals surface area contributed by atoms with Crippen LogP contribution < -0.4 is 0 Å². The van der Waals surface area contributed by atoms with Gasteiger partial charge in [0.05, 0.1) is 0 Å². The molecular formula is C14H11F2S. The topological polar surface area (TPSA) is 0 Å². The average Bonchev–Trinajstić information content (AvgIpc) is 2.34. The van der Waals surface area contributed by atoms with E-state index < -0.39 is 11.6 Å². The predicted octanol–water partition coefficient (Wildman–Crippen LogP) is 4.29. The summed E-state index contributed by atoms with van der Waals surface area (Å²) in [6, 6.07) is 11.7. The fourth-order valence-electron chi connectivity index (χ4n) is 1.57. The minimum Gasteiger partial charge on any atom is -0.204 e. The van der Waals surface area contributed by atoms with Gasteiger partial charge < -0.3 is 0 Å². The molecule has 0 aliphatic carbocycles. The molecule has 1 radical (unpaired) electrons. The van der Waals surface area contributed by atoms with E-state index in [1.165, 1.54) is 6.07 Å². The van der Waals surface area contributed by atoms with Gasteiger partial charge in [-0.25, -0.2) is 8.78 Å². The van der Waals surface area contributed by atoms with Crippen LogP contribution in [-0.2, 0) is 0 Å². The number of rotatable bonds is 3. The first kappa shape index (κ1) is 12.1. The lowest BCUT2D eigenvalue weighted by molar-refractivity contribution is 0.508. The van der Waals surface area contributed by atoms with E-state index in [0.717, 1.165) is 16.5 Å². The maximum absolute atomic E-state index is 13.1. The number of benzene rings is 2. The average molecular weight is 249 g/mol. The second-order valence-electron chi connectivity index (χ2n) is 3.56. The van der Waals surface area contributed by atoms with Gasteiger partial charge in [-0.05, 0) is 35.6 Å². The molecule has 0 spiro atoms. The highest BCUT2D eigenvalue weighted by atomic mass is 32.2. The molecule has 0 amide bonds. The zero-order valence-corrected chi connectivity index (χ0v) is 10.1. The zero-order valence-electron chi connectivity index (χ0n) is 9.28. The summed E-state index contributed by atoms with van der Waals surface area (Å²) in [6.07, 6.45) is 3.83. The molecule has 0 unspecified atom stereocenters. The van der Waals surface area contributed by atoms with Gasteiger partial charge in [-0.15, -0.1) is 11.8 Å². The normalized spacial score (nSPS) is 10.5. The highest BCUT2D eigenvalue weighted by Gasteiger charge is 2.06. The number of thioether (sulfide) groups is 1. The maximum atomic E-state index is 13.1. The Morgan fingerprint density at radius 2 is 1.76 bits per heavy atom. The lowest BCUT2D eigenvalue weighted by Gasteiger charge is -2.06. The summed E-state index contributed by atoms with van der Waals surface area (Å²) in [5.41, 5.74) is 1.66. The number of hydrogen-bond acceptors (Lipinski definition) is 1. The van der Waals surface area contributed by atoms with E-state index in [1.54, 1.807) is 17.8 Å². The zero-order chi connectivity index (χ0) is 12.3. The molecule has 0 N–H and O–H groups in total. The predicted molar refractivity (Wildman–Crippen MR) is 67.1 cm³/mol. The highest BCUT2D eigenvalue weighted by Crippen LogP contribution is 2.24. The minimum absolute atomic E-state index is 0.658. The number of halogens is 2. The Hall–Kier alpha value is -1.35. The summed E-state index contributed by atoms with van der Waals surface area (Å²) < 4.78 is 25.9. The van der Waals surface area contributed by atoms with Crippen molar-refractivity contribution < 1.29 is 8.78 Å². The van der Waals surface area contributed by atoms with Crippen molar-refractivity contribution in [2.75, 3.05) is 6.26 Å². The van der Waals surface area contributed by atoms with E-state index >= 15 is 0 Å². The Morgan fingerprint density at radius 1 is 1.00 bits per heavy atom. The summed E-state index contributed by atoms with van der Waals surface area (Å²) in [4.78, 5) is 1.11. The molecule has 3 heteroatoms. The van der Waals surface area contributed by atoms with Gasteiger partial charge in [-0.3, -0.25) is 0 Å². The molecule has 0 heterocycles. The summed E-state index contributed by atoms with van der Waals surface area (Å²) in [5.74, 6) is -1.64. The Kier molecular flexibility index (Phi) is 3.79. The van der Waals surface area contributed by atoms with Gasteiger partial charge in [0.25, 0.3) is 0 Å². The lowest BCUT2D eigenvalue weighted by atomic mass is 10.0. The second kappa shape index (κ2) is 5.32. The molecule has 0 nitrogen and oxygen atoms in total. The molecule has 0 saturated carbocycles. The van der Waals surface area contributed by atoms with Gasteiger partial charge in [0.2, 0.25) is 0 Å². The van der Waals surface area contributed by atoms with Crippen LogP contribution in [0.2, 0.25) is 0 Å². The van der Waals surface area contributed by atoms with E-state index in [2.05, 4.69) is 0 Å². The van der Waals surface area contributed by atoms with Crippen LogP contribution in [0.25, 0.3) is 0 Å². The van der Waals surface area contributed by atoms with Crippen molar-refractivity contribution in [1.82, 2.24) is 0 Å². The maximum Gasteiger partial charge on any atom is 0.159 e. The van der Waals surface area contributed by atoms with Gasteiger partial charge in [-0.2, -0.15) is 0 Å². The first-order valence-corrected chi connectivity index (χ1v) is 6.36. The van der Waals surface area contributed by atoms with Crippen LogP contribution >= 0.6 is 11.8 Å². The Bertz CT molecular complexity index is 523. The Labute approximate surface area is 104 Å². The van der Waals surface area contributed by atoms with Gasteiger partial charge in [0, 0.05) is 11.3 Å². The van der Waals surface area contributed by atoms with Crippen LogP contribution in [-0.4, -0.2) is 6.26 Å². The third-order valence-electron chi connectivity index (χ3n) is 2.40. The molecule has 2 rings (SSSR count). The molecule has 17 heavy (non-hydrogen) atoms. The van der Waals surface area contributed by atoms with Crippen molar-refractivity contribution in [3.8, 4) is 0 Å². The molecule has 0 aliphatic rings. The van der Waals surface area contributed by atoms with Crippen LogP contribution in [0.15, 0.2) is 47.4 Å². The molecule has 0 aliphatic heterocycles. The molecule has 0 fully saturated rings. The van der Waals surface area contributed by atoms with Gasteiger partial charge >= 0.3 is 0 Å². The van der Waals surface area contributed by atoms with Gasteiger partial charge in [-0.1, -0.05) is 24.3 Å². The highest BCUT2D eigenvalue weighted by molar-refractivity contribution is 7.98. The first-order chi connectivity index (χ1) is 8.20. The van der Waals surface area contributed by atoms with Crippen LogP contribution in [0, 0.1) is 18.1 Å². The van der Waals surface area contributed by atoms with E-state index in [4.69, 9.17) is 0 Å². The third kappa shape index (κ3) is 2.86. The summed E-state index contributed by atoms with van der Waals surface area (Å²) in [6.45, 7) is 0. The Morgan fingerprint density at radius 3 is 2.47 bits per heavy atom. The van der Waals surface area contributed by atoms with Crippen molar-refractivity contribution in [2.45, 2.75) is 4.90 Å². The summed E-state index contributed by atoms with van der Waals surface area (Å²) in [7, 11) is 0. The quantitative estimate of drug-likeness (QED) is 0.731. The van der Waals surface area contributed by atoms with Crippen molar-refractivity contribution in [2.24, 2.45) is 0 Å². The smallest absolute Gasteiger partial charge is 0.159 e. The molecule has 0 bridgehead atoms. The van der Waals surface area contributed by atoms with E-state index in [-0.39, 0.29) is 0 Å². The minimum atomic E-state index is -0.819. The SMILES string of the molecule is CSc1ccccc1[CH]c1ccc(F)c(F)c1. The fourth-order valence-corrected chi connectivity index (χ4v) is 2.14. The molecule has 0 saturated heterocycles. The van der Waals surface area contributed by atoms with Crippen molar-refractivity contribution >= 4 is 11.8 Å². The van der Waals surface area contributed by atoms with Crippen molar-refractivity contribution in [1.29, 1.82) is 0 Å². The van der Waals surface area contributed by atoms with Crippen LogP contribution in [0.5, 0.6) is 0 Å². The number of hydrogen-bond donors (Lipinski definition) is 0. The molecule has 0 aromatic heterocycles. The standard InChI is InChI=1S/C14H11F2S/c1-17-14-5-3-2-4-11(14)8-10-6-7-12(15)13(16)9-10/h2-9H,1H3. The van der Waals surface area contributed by atoms with E-state index in [9.17, 15) is 8.78 Å². The van der Waals surface area contributed by atoms with Crippen molar-refractivity contribution in [3.63, 3.8) is 0 Å². The van der Waals surface area contributed by atoms with Gasteiger partial charge in [0.1, 0.15) is 0 Å². The monoisotopic (exact) mass is 249 g/mol. The molecular weight excluding hydrogens is 238 g/mol. The molecule has 2 aromatic carbocycles. The molecule has 2 aromatic rings. The summed E-state index contributed by atoms with van der Waals surface area (Å²) >= 11 is 1.62. The fraction of sp³-hybridized carbons (Fsp3) is 0.0714. The van der Waals surface area contributed by atoms with Gasteiger partial charge in [0.15, 0.2) is 11.6 Å². The van der Waals surface area contributed by atoms with Crippen LogP contribution in [0.4, 0.5) is 8.78 Å². The lowest BCUT2D eigenvalue weighted by Crippen LogP contribution is -1.91. The van der Waals surface area contributed by atoms with E-state index in [0.29, 0.717) is 5.56 Å². The molecule has 0 atom stereocenters. The Balaban J connectivity index is 2.28. The van der Waals surface area contributed by atoms with Crippen LogP contribution in [0.3, 0.4) is 0 Å². The second-order valence-corrected chi connectivity index (χ2v) is 4.41. The third-order valence-corrected chi connectivity index (χ3v) is 3.22. The molecule has 87 valence electrons. The van der Waals surface area contributed by atoms with Crippen LogP contribution in [0.1, 0.15) is 11.1 Å². The largest absolute Gasteiger partial charge is 0.204 e. The van der Waals surface area contributed by atoms with E-state index in [1.807, 2.05) is 36.9 Å². The van der Waals surface area contributed by atoms with Crippen molar-refractivity contribution in [3.05, 3.63) is 71.6 Å². The first-order valence-electron chi connectivity index (χ1n) is 5.13. The summed E-state index contributed by atoms with van der Waals surface area (Å²) in [5, 5.41) is 0.